The molecule has 2 nitrogen and oxygen atoms in total. The van der Waals surface area contributed by atoms with Gasteiger partial charge in [0, 0.05) is 17.7 Å². The molecular formula is C9H12FNO. The van der Waals surface area contributed by atoms with Gasteiger partial charge in [0.05, 0.1) is 7.11 Å². The molecule has 66 valence electrons. The summed E-state index contributed by atoms with van der Waals surface area (Å²) < 4.78 is 17.6. The lowest BCUT2D eigenvalue weighted by atomic mass is 10.1. The first-order valence-corrected chi connectivity index (χ1v) is 3.74. The Balaban J connectivity index is 3.11. The van der Waals surface area contributed by atoms with E-state index in [0.717, 1.165) is 5.56 Å². The first-order chi connectivity index (χ1) is 5.65. The minimum Gasteiger partial charge on any atom is -0.496 e. The maximum Gasteiger partial charge on any atom is 0.126 e. The molecule has 1 rings (SSSR count). The molecule has 3 heteroatoms. The fraction of sp³-hybridized carbons (Fsp3) is 0.333. The van der Waals surface area contributed by atoms with Crippen LogP contribution in [0.4, 0.5) is 4.39 Å². The van der Waals surface area contributed by atoms with Gasteiger partial charge in [-0.25, -0.2) is 4.39 Å². The molecule has 2 N–H and O–H groups in total. The van der Waals surface area contributed by atoms with Crippen LogP contribution in [0.1, 0.15) is 18.5 Å². The fourth-order valence-electron chi connectivity index (χ4n) is 1.06. The van der Waals surface area contributed by atoms with Crippen LogP contribution in [0.3, 0.4) is 0 Å². The number of rotatable bonds is 2. The summed E-state index contributed by atoms with van der Waals surface area (Å²) in [6.45, 7) is 1.83. The summed E-state index contributed by atoms with van der Waals surface area (Å²) in [4.78, 5) is 0. The zero-order valence-corrected chi connectivity index (χ0v) is 7.17. The minimum atomic E-state index is -0.309. The molecule has 0 unspecified atom stereocenters. The maximum absolute atomic E-state index is 12.7. The molecule has 0 fully saturated rings. The molecule has 0 spiro atoms. The molecule has 0 saturated heterocycles. The third-order valence-electron chi connectivity index (χ3n) is 1.69. The quantitative estimate of drug-likeness (QED) is 0.733. The van der Waals surface area contributed by atoms with Crippen molar-refractivity contribution < 1.29 is 9.13 Å². The zero-order chi connectivity index (χ0) is 9.14. The third-order valence-corrected chi connectivity index (χ3v) is 1.69. The Hall–Kier alpha value is -1.09. The summed E-state index contributed by atoms with van der Waals surface area (Å²) in [5.74, 6) is 0.196. The highest BCUT2D eigenvalue weighted by molar-refractivity contribution is 5.35. The van der Waals surface area contributed by atoms with Crippen molar-refractivity contribution in [1.29, 1.82) is 0 Å². The van der Waals surface area contributed by atoms with Gasteiger partial charge in [0.1, 0.15) is 11.6 Å². The molecular weight excluding hydrogens is 157 g/mol. The van der Waals surface area contributed by atoms with Gasteiger partial charge in [0.15, 0.2) is 0 Å². The lowest BCUT2D eigenvalue weighted by Crippen LogP contribution is -2.06. The molecule has 12 heavy (non-hydrogen) atoms. The molecule has 0 bridgehead atoms. The molecule has 0 aliphatic heterocycles. The van der Waals surface area contributed by atoms with Crippen LogP contribution in [-0.4, -0.2) is 7.11 Å². The van der Waals surface area contributed by atoms with Crippen molar-refractivity contribution in [2.75, 3.05) is 7.11 Å². The van der Waals surface area contributed by atoms with Crippen LogP contribution in [0.2, 0.25) is 0 Å². The van der Waals surface area contributed by atoms with E-state index in [1.54, 1.807) is 6.07 Å². The van der Waals surface area contributed by atoms with Gasteiger partial charge in [-0.1, -0.05) is 6.07 Å². The Morgan fingerprint density at radius 3 is 2.67 bits per heavy atom. The zero-order valence-electron chi connectivity index (χ0n) is 7.17. The van der Waals surface area contributed by atoms with Crippen LogP contribution >= 0.6 is 0 Å². The summed E-state index contributed by atoms with van der Waals surface area (Å²) in [6, 6.07) is 4.21. The molecule has 1 aromatic carbocycles. The highest BCUT2D eigenvalue weighted by Gasteiger charge is 2.07. The molecule has 0 radical (unpaired) electrons. The average Bonchev–Trinajstić information content (AvgIpc) is 2.03. The number of halogens is 1. The normalized spacial score (nSPS) is 12.7. The summed E-state index contributed by atoms with van der Waals surface area (Å²) in [5.41, 5.74) is 6.46. The molecule has 0 saturated carbocycles. The van der Waals surface area contributed by atoms with E-state index in [4.69, 9.17) is 10.5 Å². The predicted molar refractivity (Wildman–Crippen MR) is 45.6 cm³/mol. The highest BCUT2D eigenvalue weighted by atomic mass is 19.1. The predicted octanol–water partition coefficient (Wildman–Crippen LogP) is 1.85. The fourth-order valence-corrected chi connectivity index (χ4v) is 1.06. The van der Waals surface area contributed by atoms with Crippen LogP contribution < -0.4 is 10.5 Å². The lowest BCUT2D eigenvalue weighted by molar-refractivity contribution is 0.403. The number of hydrogen-bond acceptors (Lipinski definition) is 2. The second-order valence-electron chi connectivity index (χ2n) is 2.67. The second kappa shape index (κ2) is 3.54. The van der Waals surface area contributed by atoms with Crippen LogP contribution in [0, 0.1) is 5.82 Å². The van der Waals surface area contributed by atoms with Crippen molar-refractivity contribution in [2.45, 2.75) is 13.0 Å². The van der Waals surface area contributed by atoms with E-state index in [0.29, 0.717) is 5.75 Å². The smallest absolute Gasteiger partial charge is 0.126 e. The first-order valence-electron chi connectivity index (χ1n) is 3.74. The standard InChI is InChI=1S/C9H12FNO/c1-6(11)8-4-3-7(10)5-9(8)12-2/h3-6H,11H2,1-2H3/t6-/m1/s1. The van der Waals surface area contributed by atoms with Gasteiger partial charge in [-0.3, -0.25) is 0 Å². The van der Waals surface area contributed by atoms with E-state index >= 15 is 0 Å². The SMILES string of the molecule is COc1cc(F)ccc1[C@@H](C)N. The molecule has 0 amide bonds. The Morgan fingerprint density at radius 1 is 1.50 bits per heavy atom. The van der Waals surface area contributed by atoms with Crippen LogP contribution in [0.5, 0.6) is 5.75 Å². The minimum absolute atomic E-state index is 0.138. The third kappa shape index (κ3) is 1.74. The van der Waals surface area contributed by atoms with Crippen LogP contribution in [-0.2, 0) is 0 Å². The Kier molecular flexibility index (Phi) is 2.65. The van der Waals surface area contributed by atoms with E-state index in [1.165, 1.54) is 19.2 Å². The number of hydrogen-bond donors (Lipinski definition) is 1. The van der Waals surface area contributed by atoms with Crippen molar-refractivity contribution in [3.63, 3.8) is 0 Å². The largest absolute Gasteiger partial charge is 0.496 e. The van der Waals surface area contributed by atoms with Crippen LogP contribution in [0.25, 0.3) is 0 Å². The molecule has 1 atom stereocenters. The van der Waals surface area contributed by atoms with Gasteiger partial charge >= 0.3 is 0 Å². The van der Waals surface area contributed by atoms with Gasteiger partial charge in [0.25, 0.3) is 0 Å². The molecule has 1 aromatic rings. The summed E-state index contributed by atoms with van der Waals surface area (Å²) in [6.07, 6.45) is 0. The maximum atomic E-state index is 12.7. The van der Waals surface area contributed by atoms with Crippen molar-refractivity contribution in [1.82, 2.24) is 0 Å². The molecule has 0 heterocycles. The van der Waals surface area contributed by atoms with Gasteiger partial charge < -0.3 is 10.5 Å². The number of benzene rings is 1. The number of methoxy groups -OCH3 is 1. The summed E-state index contributed by atoms with van der Waals surface area (Å²) in [7, 11) is 1.50. The van der Waals surface area contributed by atoms with Crippen molar-refractivity contribution in [3.05, 3.63) is 29.6 Å². The summed E-state index contributed by atoms with van der Waals surface area (Å²) >= 11 is 0. The monoisotopic (exact) mass is 169 g/mol. The Morgan fingerprint density at radius 2 is 2.17 bits per heavy atom. The van der Waals surface area contributed by atoms with E-state index < -0.39 is 0 Å². The Bertz CT molecular complexity index is 273. The summed E-state index contributed by atoms with van der Waals surface area (Å²) in [5, 5.41) is 0. The van der Waals surface area contributed by atoms with Gasteiger partial charge in [-0.2, -0.15) is 0 Å². The van der Waals surface area contributed by atoms with E-state index in [9.17, 15) is 4.39 Å². The van der Waals surface area contributed by atoms with Crippen molar-refractivity contribution in [2.24, 2.45) is 5.73 Å². The Labute approximate surface area is 71.1 Å². The molecule has 0 aliphatic rings. The van der Waals surface area contributed by atoms with Crippen molar-refractivity contribution >= 4 is 0 Å². The van der Waals surface area contributed by atoms with Gasteiger partial charge in [-0.15, -0.1) is 0 Å². The van der Waals surface area contributed by atoms with E-state index in [-0.39, 0.29) is 11.9 Å². The van der Waals surface area contributed by atoms with Gasteiger partial charge in [0.2, 0.25) is 0 Å². The highest BCUT2D eigenvalue weighted by Crippen LogP contribution is 2.23. The second-order valence-corrected chi connectivity index (χ2v) is 2.67. The van der Waals surface area contributed by atoms with Gasteiger partial charge in [-0.05, 0) is 13.0 Å². The van der Waals surface area contributed by atoms with E-state index in [1.807, 2.05) is 6.92 Å². The topological polar surface area (TPSA) is 35.2 Å². The number of nitrogens with two attached hydrogens (primary N) is 1. The number of ether oxygens (including phenoxy) is 1. The first kappa shape index (κ1) is 9.00. The van der Waals surface area contributed by atoms with E-state index in [2.05, 4.69) is 0 Å². The van der Waals surface area contributed by atoms with Crippen LogP contribution in [0.15, 0.2) is 18.2 Å². The molecule has 0 aromatic heterocycles. The lowest BCUT2D eigenvalue weighted by Gasteiger charge is -2.10. The van der Waals surface area contributed by atoms with Crippen molar-refractivity contribution in [3.8, 4) is 5.75 Å². The molecule has 0 aliphatic carbocycles. The average molecular weight is 169 g/mol.